The first-order valence-corrected chi connectivity index (χ1v) is 6.13. The van der Waals surface area contributed by atoms with Gasteiger partial charge < -0.3 is 5.73 Å². The highest BCUT2D eigenvalue weighted by molar-refractivity contribution is 7.14. The molecule has 0 saturated carbocycles. The van der Waals surface area contributed by atoms with E-state index in [1.165, 1.54) is 11.3 Å². The fourth-order valence-electron chi connectivity index (χ4n) is 1.26. The van der Waals surface area contributed by atoms with Crippen LogP contribution < -0.4 is 5.73 Å². The highest BCUT2D eigenvalue weighted by Crippen LogP contribution is 2.28. The largest absolute Gasteiger partial charge is 0.322 e. The molecule has 2 aromatic rings. The van der Waals surface area contributed by atoms with Crippen molar-refractivity contribution in [3.05, 3.63) is 33.8 Å². The molecule has 0 aliphatic rings. The van der Waals surface area contributed by atoms with E-state index >= 15 is 0 Å². The highest BCUT2D eigenvalue weighted by Gasteiger charge is 2.10. The first-order valence-electron chi connectivity index (χ1n) is 4.93. The lowest BCUT2D eigenvalue weighted by atomic mass is 10.2. The van der Waals surface area contributed by atoms with Crippen LogP contribution in [-0.4, -0.2) is 10.2 Å². The second-order valence-corrected chi connectivity index (χ2v) is 5.11. The standard InChI is InChI=1S/C11H12ClN3S/c1-6-3-4-8(5-9(6)12)11-15-14-10(16-11)7(2)13/h3-5,7H,13H2,1-2H3. The van der Waals surface area contributed by atoms with Crippen LogP contribution in [0.3, 0.4) is 0 Å². The van der Waals surface area contributed by atoms with E-state index in [2.05, 4.69) is 10.2 Å². The number of rotatable bonds is 2. The molecule has 1 unspecified atom stereocenters. The van der Waals surface area contributed by atoms with Crippen LogP contribution in [0.25, 0.3) is 10.6 Å². The Labute approximate surface area is 103 Å². The van der Waals surface area contributed by atoms with Gasteiger partial charge >= 0.3 is 0 Å². The highest BCUT2D eigenvalue weighted by atomic mass is 35.5. The number of hydrogen-bond donors (Lipinski definition) is 1. The van der Waals surface area contributed by atoms with Gasteiger partial charge in [-0.25, -0.2) is 0 Å². The van der Waals surface area contributed by atoms with Crippen LogP contribution in [0.4, 0.5) is 0 Å². The molecule has 1 heterocycles. The molecular formula is C11H12ClN3S. The SMILES string of the molecule is Cc1ccc(-c2nnc(C(C)N)s2)cc1Cl. The van der Waals surface area contributed by atoms with Crippen molar-refractivity contribution in [2.24, 2.45) is 5.73 Å². The average Bonchev–Trinajstić information content (AvgIpc) is 2.71. The summed E-state index contributed by atoms with van der Waals surface area (Å²) in [5.41, 5.74) is 7.78. The van der Waals surface area contributed by atoms with Gasteiger partial charge in [0.15, 0.2) is 0 Å². The number of aromatic nitrogens is 2. The predicted molar refractivity (Wildman–Crippen MR) is 67.7 cm³/mol. The first-order chi connectivity index (χ1) is 7.58. The summed E-state index contributed by atoms with van der Waals surface area (Å²) in [5.74, 6) is 0. The summed E-state index contributed by atoms with van der Waals surface area (Å²) in [4.78, 5) is 0. The molecule has 5 heteroatoms. The molecule has 0 bridgehead atoms. The third-order valence-electron chi connectivity index (χ3n) is 2.25. The second kappa shape index (κ2) is 4.49. The van der Waals surface area contributed by atoms with Crippen molar-refractivity contribution in [2.75, 3.05) is 0 Å². The van der Waals surface area contributed by atoms with Gasteiger partial charge in [-0.15, -0.1) is 10.2 Å². The monoisotopic (exact) mass is 253 g/mol. The Balaban J connectivity index is 2.39. The molecule has 0 spiro atoms. The molecule has 1 aromatic heterocycles. The van der Waals surface area contributed by atoms with E-state index in [0.29, 0.717) is 0 Å². The Bertz CT molecular complexity index is 508. The van der Waals surface area contributed by atoms with Crippen molar-refractivity contribution >= 4 is 22.9 Å². The Morgan fingerprint density at radius 1 is 1.38 bits per heavy atom. The summed E-state index contributed by atoms with van der Waals surface area (Å²) in [7, 11) is 0. The number of aryl methyl sites for hydroxylation is 1. The number of hydrogen-bond acceptors (Lipinski definition) is 4. The molecule has 1 atom stereocenters. The van der Waals surface area contributed by atoms with Crippen LogP contribution in [-0.2, 0) is 0 Å². The molecule has 1 aromatic carbocycles. The van der Waals surface area contributed by atoms with Gasteiger partial charge in [-0.2, -0.15) is 0 Å². The lowest BCUT2D eigenvalue weighted by molar-refractivity contribution is 0.786. The van der Waals surface area contributed by atoms with E-state index < -0.39 is 0 Å². The topological polar surface area (TPSA) is 51.8 Å². The van der Waals surface area contributed by atoms with Crippen molar-refractivity contribution < 1.29 is 0 Å². The molecule has 0 saturated heterocycles. The molecule has 84 valence electrons. The van der Waals surface area contributed by atoms with Gasteiger partial charge in [0.25, 0.3) is 0 Å². The lowest BCUT2D eigenvalue weighted by Crippen LogP contribution is -2.03. The average molecular weight is 254 g/mol. The van der Waals surface area contributed by atoms with E-state index in [1.54, 1.807) is 0 Å². The third kappa shape index (κ3) is 2.24. The molecule has 16 heavy (non-hydrogen) atoms. The fraction of sp³-hybridized carbons (Fsp3) is 0.273. The van der Waals surface area contributed by atoms with Gasteiger partial charge in [-0.1, -0.05) is 35.1 Å². The van der Waals surface area contributed by atoms with E-state index in [0.717, 1.165) is 26.2 Å². The van der Waals surface area contributed by atoms with Crippen molar-refractivity contribution in [1.82, 2.24) is 10.2 Å². The summed E-state index contributed by atoms with van der Waals surface area (Å²) in [6.45, 7) is 3.87. The molecule has 2 N–H and O–H groups in total. The van der Waals surface area contributed by atoms with Gasteiger partial charge in [0.1, 0.15) is 10.0 Å². The van der Waals surface area contributed by atoms with Crippen molar-refractivity contribution in [2.45, 2.75) is 19.9 Å². The Morgan fingerprint density at radius 3 is 2.69 bits per heavy atom. The molecule has 0 aliphatic carbocycles. The smallest absolute Gasteiger partial charge is 0.147 e. The van der Waals surface area contributed by atoms with Gasteiger partial charge in [0.2, 0.25) is 0 Å². The molecule has 0 fully saturated rings. The first kappa shape index (κ1) is 11.5. The maximum absolute atomic E-state index is 6.06. The second-order valence-electron chi connectivity index (χ2n) is 3.70. The predicted octanol–water partition coefficient (Wildman–Crippen LogP) is 3.19. The third-order valence-corrected chi connectivity index (χ3v) is 3.83. The van der Waals surface area contributed by atoms with Crippen molar-refractivity contribution in [3.8, 4) is 10.6 Å². The maximum Gasteiger partial charge on any atom is 0.147 e. The maximum atomic E-state index is 6.06. The van der Waals surface area contributed by atoms with Gasteiger partial charge in [0, 0.05) is 10.6 Å². The summed E-state index contributed by atoms with van der Waals surface area (Å²) in [5, 5.41) is 10.6. The molecule has 3 nitrogen and oxygen atoms in total. The molecular weight excluding hydrogens is 242 g/mol. The van der Waals surface area contributed by atoms with Crippen LogP contribution in [0, 0.1) is 6.92 Å². The molecule has 2 rings (SSSR count). The van der Waals surface area contributed by atoms with Crippen LogP contribution >= 0.6 is 22.9 Å². The van der Waals surface area contributed by atoms with Gasteiger partial charge in [-0.3, -0.25) is 0 Å². The van der Waals surface area contributed by atoms with Crippen LogP contribution in [0.15, 0.2) is 18.2 Å². The summed E-state index contributed by atoms with van der Waals surface area (Å²) in [6.07, 6.45) is 0. The minimum atomic E-state index is -0.0767. The van der Waals surface area contributed by atoms with Crippen LogP contribution in [0.1, 0.15) is 23.5 Å². The quantitative estimate of drug-likeness (QED) is 0.894. The zero-order valence-corrected chi connectivity index (χ0v) is 10.6. The Kier molecular flexibility index (Phi) is 3.23. The van der Waals surface area contributed by atoms with E-state index in [4.69, 9.17) is 17.3 Å². The summed E-state index contributed by atoms with van der Waals surface area (Å²) in [6, 6.07) is 5.80. The zero-order chi connectivity index (χ0) is 11.7. The van der Waals surface area contributed by atoms with Crippen molar-refractivity contribution in [1.29, 1.82) is 0 Å². The molecule has 0 amide bonds. The zero-order valence-electron chi connectivity index (χ0n) is 9.07. The number of benzene rings is 1. The lowest BCUT2D eigenvalue weighted by Gasteiger charge is -1.99. The number of halogens is 1. The molecule has 0 radical (unpaired) electrons. The van der Waals surface area contributed by atoms with E-state index in [1.807, 2.05) is 32.0 Å². The van der Waals surface area contributed by atoms with E-state index in [-0.39, 0.29) is 6.04 Å². The minimum absolute atomic E-state index is 0.0767. The Morgan fingerprint density at radius 2 is 2.12 bits per heavy atom. The minimum Gasteiger partial charge on any atom is -0.322 e. The van der Waals surface area contributed by atoms with Crippen molar-refractivity contribution in [3.63, 3.8) is 0 Å². The molecule has 0 aliphatic heterocycles. The number of nitrogens with zero attached hydrogens (tertiary/aromatic N) is 2. The van der Waals surface area contributed by atoms with Crippen LogP contribution in [0.5, 0.6) is 0 Å². The normalized spacial score (nSPS) is 12.8. The van der Waals surface area contributed by atoms with Gasteiger partial charge in [-0.05, 0) is 25.5 Å². The van der Waals surface area contributed by atoms with Crippen LogP contribution in [0.2, 0.25) is 5.02 Å². The van der Waals surface area contributed by atoms with E-state index in [9.17, 15) is 0 Å². The number of nitrogens with two attached hydrogens (primary N) is 1. The summed E-state index contributed by atoms with van der Waals surface area (Å²) < 4.78 is 0. The Hall–Kier alpha value is -0.970. The fourth-order valence-corrected chi connectivity index (χ4v) is 2.23. The summed E-state index contributed by atoms with van der Waals surface area (Å²) >= 11 is 7.57. The van der Waals surface area contributed by atoms with Gasteiger partial charge in [0.05, 0.1) is 6.04 Å².